The third kappa shape index (κ3) is 6.24. The largest absolute Gasteiger partial charge is 0.494 e. The number of para-hydroxylation sites is 1. The molecule has 2 amide bonds. The van der Waals surface area contributed by atoms with Gasteiger partial charge in [-0.1, -0.05) is 18.2 Å². The van der Waals surface area contributed by atoms with Gasteiger partial charge in [0.1, 0.15) is 11.5 Å². The van der Waals surface area contributed by atoms with Gasteiger partial charge in [0.2, 0.25) is 5.91 Å². The standard InChI is InChI=1S/C23H28N2O4/c1-2-28-21-10-8-19(9-11-21)23(27)24-16-22(26)25-14-12-18(13-15-25)17-29-20-6-4-3-5-7-20/h3-11,18H,2,12-17H2,1H3,(H,24,27). The summed E-state index contributed by atoms with van der Waals surface area (Å²) in [5.41, 5.74) is 0.512. The number of hydrogen-bond donors (Lipinski definition) is 1. The number of piperidine rings is 1. The normalized spacial score (nSPS) is 14.3. The second kappa shape index (κ2) is 10.5. The molecule has 6 heteroatoms. The summed E-state index contributed by atoms with van der Waals surface area (Å²) in [5, 5.41) is 2.71. The summed E-state index contributed by atoms with van der Waals surface area (Å²) in [5.74, 6) is 1.74. The molecular formula is C23H28N2O4. The third-order valence-corrected chi connectivity index (χ3v) is 5.02. The summed E-state index contributed by atoms with van der Waals surface area (Å²) in [6, 6.07) is 16.7. The van der Waals surface area contributed by atoms with E-state index in [0.29, 0.717) is 37.8 Å². The smallest absolute Gasteiger partial charge is 0.251 e. The predicted octanol–water partition coefficient (Wildman–Crippen LogP) is 3.13. The maximum Gasteiger partial charge on any atom is 0.251 e. The lowest BCUT2D eigenvalue weighted by Crippen LogP contribution is -2.44. The van der Waals surface area contributed by atoms with Crippen LogP contribution >= 0.6 is 0 Å². The molecule has 29 heavy (non-hydrogen) atoms. The maximum absolute atomic E-state index is 12.4. The van der Waals surface area contributed by atoms with Crippen molar-refractivity contribution in [2.24, 2.45) is 5.92 Å². The molecule has 0 atom stereocenters. The Morgan fingerprint density at radius 3 is 2.28 bits per heavy atom. The van der Waals surface area contributed by atoms with E-state index in [4.69, 9.17) is 9.47 Å². The van der Waals surface area contributed by atoms with Crippen LogP contribution in [0.3, 0.4) is 0 Å². The number of carbonyl (C=O) groups is 2. The Hall–Kier alpha value is -3.02. The number of nitrogens with one attached hydrogen (secondary N) is 1. The fourth-order valence-electron chi connectivity index (χ4n) is 3.32. The number of amides is 2. The lowest BCUT2D eigenvalue weighted by atomic mass is 9.98. The maximum atomic E-state index is 12.4. The molecule has 1 saturated heterocycles. The molecule has 1 aliphatic heterocycles. The average molecular weight is 396 g/mol. The van der Waals surface area contributed by atoms with E-state index in [9.17, 15) is 9.59 Å². The van der Waals surface area contributed by atoms with Gasteiger partial charge >= 0.3 is 0 Å². The lowest BCUT2D eigenvalue weighted by Gasteiger charge is -2.32. The topological polar surface area (TPSA) is 67.9 Å². The summed E-state index contributed by atoms with van der Waals surface area (Å²) < 4.78 is 11.2. The molecule has 0 saturated carbocycles. The van der Waals surface area contributed by atoms with E-state index in [0.717, 1.165) is 24.3 Å². The highest BCUT2D eigenvalue weighted by Crippen LogP contribution is 2.19. The van der Waals surface area contributed by atoms with E-state index >= 15 is 0 Å². The minimum absolute atomic E-state index is 0.0111. The van der Waals surface area contributed by atoms with E-state index in [-0.39, 0.29) is 18.4 Å². The van der Waals surface area contributed by atoms with Gasteiger partial charge in [0, 0.05) is 18.7 Å². The van der Waals surface area contributed by atoms with Crippen LogP contribution < -0.4 is 14.8 Å². The number of rotatable bonds is 8. The Morgan fingerprint density at radius 1 is 0.966 bits per heavy atom. The Labute approximate surface area is 171 Å². The van der Waals surface area contributed by atoms with Crippen LogP contribution in [0.1, 0.15) is 30.1 Å². The molecule has 1 heterocycles. The van der Waals surface area contributed by atoms with Gasteiger partial charge in [-0.3, -0.25) is 9.59 Å². The first kappa shape index (κ1) is 20.7. The van der Waals surface area contributed by atoms with Gasteiger partial charge in [-0.2, -0.15) is 0 Å². The number of hydrogen-bond acceptors (Lipinski definition) is 4. The molecule has 1 aliphatic rings. The van der Waals surface area contributed by atoms with E-state index in [1.807, 2.05) is 42.2 Å². The fraction of sp³-hybridized carbons (Fsp3) is 0.391. The van der Waals surface area contributed by atoms with Gasteiger partial charge in [-0.05, 0) is 62.1 Å². The van der Waals surface area contributed by atoms with E-state index in [1.54, 1.807) is 24.3 Å². The van der Waals surface area contributed by atoms with E-state index in [1.165, 1.54) is 0 Å². The van der Waals surface area contributed by atoms with Crippen LogP contribution in [0.5, 0.6) is 11.5 Å². The Bertz CT molecular complexity index is 784. The monoisotopic (exact) mass is 396 g/mol. The minimum Gasteiger partial charge on any atom is -0.494 e. The molecule has 0 unspecified atom stereocenters. The van der Waals surface area contributed by atoms with Crippen LogP contribution in [0, 0.1) is 5.92 Å². The molecule has 0 radical (unpaired) electrons. The highest BCUT2D eigenvalue weighted by Gasteiger charge is 2.23. The van der Waals surface area contributed by atoms with Crippen LogP contribution in [0.25, 0.3) is 0 Å². The fourth-order valence-corrected chi connectivity index (χ4v) is 3.32. The zero-order chi connectivity index (χ0) is 20.5. The summed E-state index contributed by atoms with van der Waals surface area (Å²) in [6.07, 6.45) is 1.82. The lowest BCUT2D eigenvalue weighted by molar-refractivity contribution is -0.131. The molecule has 0 aromatic heterocycles. The van der Waals surface area contributed by atoms with Crippen molar-refractivity contribution in [1.82, 2.24) is 10.2 Å². The van der Waals surface area contributed by atoms with Crippen LogP contribution in [0.4, 0.5) is 0 Å². The molecule has 1 fully saturated rings. The van der Waals surface area contributed by atoms with Gasteiger partial charge in [-0.15, -0.1) is 0 Å². The molecule has 0 spiro atoms. The third-order valence-electron chi connectivity index (χ3n) is 5.02. The minimum atomic E-state index is -0.257. The predicted molar refractivity (Wildman–Crippen MR) is 111 cm³/mol. The summed E-state index contributed by atoms with van der Waals surface area (Å²) in [4.78, 5) is 26.5. The van der Waals surface area contributed by atoms with Crippen molar-refractivity contribution in [2.75, 3.05) is 32.8 Å². The Morgan fingerprint density at radius 2 is 1.62 bits per heavy atom. The average Bonchev–Trinajstić information content (AvgIpc) is 2.77. The highest BCUT2D eigenvalue weighted by atomic mass is 16.5. The first-order valence-electron chi connectivity index (χ1n) is 10.1. The van der Waals surface area contributed by atoms with Crippen LogP contribution in [0.15, 0.2) is 54.6 Å². The summed E-state index contributed by atoms with van der Waals surface area (Å²) >= 11 is 0. The van der Waals surface area contributed by atoms with Crippen molar-refractivity contribution in [3.05, 3.63) is 60.2 Å². The first-order valence-corrected chi connectivity index (χ1v) is 10.1. The van der Waals surface area contributed by atoms with Crippen molar-refractivity contribution in [2.45, 2.75) is 19.8 Å². The van der Waals surface area contributed by atoms with Crippen molar-refractivity contribution in [3.8, 4) is 11.5 Å². The van der Waals surface area contributed by atoms with Crippen LogP contribution in [-0.4, -0.2) is 49.6 Å². The molecule has 1 N–H and O–H groups in total. The Balaban J connectivity index is 1.37. The van der Waals surface area contributed by atoms with Crippen molar-refractivity contribution < 1.29 is 19.1 Å². The zero-order valence-corrected chi connectivity index (χ0v) is 16.8. The molecule has 154 valence electrons. The van der Waals surface area contributed by atoms with Gasteiger partial charge < -0.3 is 19.7 Å². The van der Waals surface area contributed by atoms with Crippen molar-refractivity contribution in [3.63, 3.8) is 0 Å². The molecule has 0 bridgehead atoms. The highest BCUT2D eigenvalue weighted by molar-refractivity contribution is 5.96. The second-order valence-corrected chi connectivity index (χ2v) is 7.09. The molecule has 2 aromatic carbocycles. The number of benzene rings is 2. The molecule has 6 nitrogen and oxygen atoms in total. The summed E-state index contributed by atoms with van der Waals surface area (Å²) in [7, 11) is 0. The number of likely N-dealkylation sites (tertiary alicyclic amines) is 1. The van der Waals surface area contributed by atoms with Crippen LogP contribution in [0.2, 0.25) is 0 Å². The SMILES string of the molecule is CCOc1ccc(C(=O)NCC(=O)N2CCC(COc3ccccc3)CC2)cc1. The number of nitrogens with zero attached hydrogens (tertiary/aromatic N) is 1. The first-order chi connectivity index (χ1) is 14.2. The van der Waals surface area contributed by atoms with E-state index in [2.05, 4.69) is 5.32 Å². The molecule has 2 aromatic rings. The Kier molecular flexibility index (Phi) is 7.50. The van der Waals surface area contributed by atoms with Gasteiger partial charge in [-0.25, -0.2) is 0 Å². The van der Waals surface area contributed by atoms with Gasteiger partial charge in [0.25, 0.3) is 5.91 Å². The van der Waals surface area contributed by atoms with Crippen LogP contribution in [-0.2, 0) is 4.79 Å². The van der Waals surface area contributed by atoms with Crippen molar-refractivity contribution >= 4 is 11.8 Å². The van der Waals surface area contributed by atoms with Gasteiger partial charge in [0.15, 0.2) is 0 Å². The molecule has 0 aliphatic carbocycles. The summed E-state index contributed by atoms with van der Waals surface area (Å²) in [6.45, 7) is 4.55. The molecule has 3 rings (SSSR count). The number of ether oxygens (including phenoxy) is 2. The van der Waals surface area contributed by atoms with Gasteiger partial charge in [0.05, 0.1) is 19.8 Å². The van der Waals surface area contributed by atoms with E-state index < -0.39 is 0 Å². The second-order valence-electron chi connectivity index (χ2n) is 7.09. The van der Waals surface area contributed by atoms with Crippen molar-refractivity contribution in [1.29, 1.82) is 0 Å². The molecular weight excluding hydrogens is 368 g/mol. The zero-order valence-electron chi connectivity index (χ0n) is 16.8. The quantitative estimate of drug-likeness (QED) is 0.744. The number of carbonyl (C=O) groups excluding carboxylic acids is 2.